The number of rotatable bonds is 5. The Morgan fingerprint density at radius 1 is 1.14 bits per heavy atom. The lowest BCUT2D eigenvalue weighted by molar-refractivity contribution is -0.137. The first-order valence-electron chi connectivity index (χ1n) is 7.40. The van der Waals surface area contributed by atoms with Crippen LogP contribution in [0.25, 0.3) is 0 Å². The first-order valence-corrected chi connectivity index (χ1v) is 7.40. The molecule has 118 valence electrons. The van der Waals surface area contributed by atoms with Gasteiger partial charge in [-0.15, -0.1) is 0 Å². The lowest BCUT2D eigenvalue weighted by atomic mass is 9.75. The van der Waals surface area contributed by atoms with E-state index in [0.717, 1.165) is 51.1 Å². The van der Waals surface area contributed by atoms with Gasteiger partial charge in [-0.2, -0.15) is 13.2 Å². The Hall–Kier alpha value is -1.07. The standard InChI is InChI=1S/C16H22F3NO/c1-2-20-12-15(7-9-21-10-8-15)11-13-3-5-14(6-4-13)16(17,18)19/h3-6,20H,2,7-12H2,1H3. The molecule has 0 atom stereocenters. The summed E-state index contributed by atoms with van der Waals surface area (Å²) in [5.74, 6) is 0. The first-order chi connectivity index (χ1) is 9.95. The predicted octanol–water partition coefficient (Wildman–Crippen LogP) is 3.65. The lowest BCUT2D eigenvalue weighted by Crippen LogP contribution is -2.40. The molecule has 1 N–H and O–H groups in total. The highest BCUT2D eigenvalue weighted by atomic mass is 19.4. The Kier molecular flexibility index (Phi) is 5.27. The van der Waals surface area contributed by atoms with E-state index in [1.54, 1.807) is 12.1 Å². The SMILES string of the molecule is CCNCC1(Cc2ccc(C(F)(F)F)cc2)CCOCC1. The maximum Gasteiger partial charge on any atom is 0.416 e. The molecule has 0 unspecified atom stereocenters. The zero-order valence-corrected chi connectivity index (χ0v) is 12.3. The van der Waals surface area contributed by atoms with Gasteiger partial charge in [0, 0.05) is 19.8 Å². The fraction of sp³-hybridized carbons (Fsp3) is 0.625. The van der Waals surface area contributed by atoms with Crippen molar-refractivity contribution in [3.8, 4) is 0 Å². The second-order valence-corrected chi connectivity index (χ2v) is 5.76. The molecule has 0 amide bonds. The number of hydrogen-bond donors (Lipinski definition) is 1. The monoisotopic (exact) mass is 301 g/mol. The Morgan fingerprint density at radius 2 is 1.76 bits per heavy atom. The highest BCUT2D eigenvalue weighted by Crippen LogP contribution is 2.35. The van der Waals surface area contributed by atoms with Crippen LogP contribution in [0.2, 0.25) is 0 Å². The minimum atomic E-state index is -4.27. The molecule has 1 aliphatic heterocycles. The van der Waals surface area contributed by atoms with Gasteiger partial charge in [0.25, 0.3) is 0 Å². The van der Waals surface area contributed by atoms with Crippen LogP contribution in [0.5, 0.6) is 0 Å². The maximum atomic E-state index is 12.6. The van der Waals surface area contributed by atoms with Gasteiger partial charge in [0.15, 0.2) is 0 Å². The molecule has 2 rings (SSSR count). The minimum absolute atomic E-state index is 0.0913. The first kappa shape index (κ1) is 16.3. The largest absolute Gasteiger partial charge is 0.416 e. The summed E-state index contributed by atoms with van der Waals surface area (Å²) in [6.45, 7) is 5.30. The van der Waals surface area contributed by atoms with Crippen molar-refractivity contribution in [3.63, 3.8) is 0 Å². The number of alkyl halides is 3. The topological polar surface area (TPSA) is 21.3 Å². The smallest absolute Gasteiger partial charge is 0.381 e. The van der Waals surface area contributed by atoms with Crippen molar-refractivity contribution in [2.45, 2.75) is 32.4 Å². The van der Waals surface area contributed by atoms with Gasteiger partial charge in [0.2, 0.25) is 0 Å². The van der Waals surface area contributed by atoms with Crippen LogP contribution >= 0.6 is 0 Å². The molecule has 0 saturated carbocycles. The summed E-state index contributed by atoms with van der Waals surface area (Å²) in [4.78, 5) is 0. The molecule has 0 bridgehead atoms. The molecule has 1 aliphatic rings. The van der Waals surface area contributed by atoms with Gasteiger partial charge >= 0.3 is 6.18 Å². The lowest BCUT2D eigenvalue weighted by Gasteiger charge is -2.37. The Bertz CT molecular complexity index is 436. The van der Waals surface area contributed by atoms with E-state index >= 15 is 0 Å². The summed E-state index contributed by atoms with van der Waals surface area (Å²) >= 11 is 0. The van der Waals surface area contributed by atoms with Gasteiger partial charge in [0.05, 0.1) is 5.56 Å². The molecule has 5 heteroatoms. The van der Waals surface area contributed by atoms with Gasteiger partial charge in [-0.25, -0.2) is 0 Å². The van der Waals surface area contributed by atoms with Crippen molar-refractivity contribution in [1.82, 2.24) is 5.32 Å². The summed E-state index contributed by atoms with van der Waals surface area (Å²) in [5.41, 5.74) is 0.468. The van der Waals surface area contributed by atoms with E-state index in [0.29, 0.717) is 0 Å². The van der Waals surface area contributed by atoms with Crippen molar-refractivity contribution in [1.29, 1.82) is 0 Å². The Balaban J connectivity index is 2.09. The van der Waals surface area contributed by atoms with E-state index in [1.165, 1.54) is 12.1 Å². The normalized spacial score (nSPS) is 18.7. The fourth-order valence-corrected chi connectivity index (χ4v) is 2.86. The van der Waals surface area contributed by atoms with Gasteiger partial charge in [-0.3, -0.25) is 0 Å². The van der Waals surface area contributed by atoms with E-state index in [2.05, 4.69) is 12.2 Å². The summed E-state index contributed by atoms with van der Waals surface area (Å²) in [5, 5.41) is 3.38. The Labute approximate surface area is 123 Å². The van der Waals surface area contributed by atoms with Crippen molar-refractivity contribution >= 4 is 0 Å². The van der Waals surface area contributed by atoms with E-state index in [4.69, 9.17) is 4.74 Å². The number of ether oxygens (including phenoxy) is 1. The maximum absolute atomic E-state index is 12.6. The number of nitrogens with one attached hydrogen (secondary N) is 1. The highest BCUT2D eigenvalue weighted by molar-refractivity contribution is 5.25. The van der Waals surface area contributed by atoms with Crippen molar-refractivity contribution < 1.29 is 17.9 Å². The van der Waals surface area contributed by atoms with Crippen LogP contribution in [0.3, 0.4) is 0 Å². The number of halogens is 3. The molecular formula is C16H22F3NO. The van der Waals surface area contributed by atoms with Crippen LogP contribution in [0, 0.1) is 5.41 Å². The van der Waals surface area contributed by atoms with E-state index in [-0.39, 0.29) is 5.41 Å². The predicted molar refractivity (Wildman–Crippen MR) is 76.2 cm³/mol. The van der Waals surface area contributed by atoms with Crippen LogP contribution in [-0.2, 0) is 17.3 Å². The number of hydrogen-bond acceptors (Lipinski definition) is 2. The van der Waals surface area contributed by atoms with Gasteiger partial charge in [0.1, 0.15) is 0 Å². The summed E-state index contributed by atoms with van der Waals surface area (Å²) in [6, 6.07) is 5.56. The molecule has 0 aromatic heterocycles. The average molecular weight is 301 g/mol. The fourth-order valence-electron chi connectivity index (χ4n) is 2.86. The third-order valence-corrected chi connectivity index (χ3v) is 4.16. The highest BCUT2D eigenvalue weighted by Gasteiger charge is 2.33. The average Bonchev–Trinajstić information content (AvgIpc) is 2.46. The van der Waals surface area contributed by atoms with E-state index in [1.807, 2.05) is 0 Å². The molecular weight excluding hydrogens is 279 g/mol. The minimum Gasteiger partial charge on any atom is -0.381 e. The second-order valence-electron chi connectivity index (χ2n) is 5.76. The molecule has 1 aromatic carbocycles. The molecule has 21 heavy (non-hydrogen) atoms. The quantitative estimate of drug-likeness (QED) is 0.896. The van der Waals surface area contributed by atoms with E-state index < -0.39 is 11.7 Å². The van der Waals surface area contributed by atoms with Crippen LogP contribution in [0.1, 0.15) is 30.9 Å². The molecule has 1 aromatic rings. The van der Waals surface area contributed by atoms with Gasteiger partial charge in [-0.1, -0.05) is 19.1 Å². The zero-order chi connectivity index (χ0) is 15.3. The zero-order valence-electron chi connectivity index (χ0n) is 12.3. The van der Waals surface area contributed by atoms with Crippen molar-refractivity contribution in [2.24, 2.45) is 5.41 Å². The van der Waals surface area contributed by atoms with Crippen LogP contribution in [0.15, 0.2) is 24.3 Å². The second kappa shape index (κ2) is 6.79. The number of benzene rings is 1. The van der Waals surface area contributed by atoms with Crippen molar-refractivity contribution in [3.05, 3.63) is 35.4 Å². The molecule has 0 spiro atoms. The molecule has 1 saturated heterocycles. The molecule has 2 nitrogen and oxygen atoms in total. The molecule has 1 fully saturated rings. The molecule has 0 radical (unpaired) electrons. The van der Waals surface area contributed by atoms with Crippen molar-refractivity contribution in [2.75, 3.05) is 26.3 Å². The molecule has 1 heterocycles. The van der Waals surface area contributed by atoms with Gasteiger partial charge < -0.3 is 10.1 Å². The third kappa shape index (κ3) is 4.45. The summed E-state index contributed by atoms with van der Waals surface area (Å²) < 4.78 is 43.2. The van der Waals surface area contributed by atoms with Gasteiger partial charge in [-0.05, 0) is 48.9 Å². The van der Waals surface area contributed by atoms with Crippen LogP contribution < -0.4 is 5.32 Å². The molecule has 0 aliphatic carbocycles. The third-order valence-electron chi connectivity index (χ3n) is 4.16. The van der Waals surface area contributed by atoms with Crippen LogP contribution in [0.4, 0.5) is 13.2 Å². The van der Waals surface area contributed by atoms with E-state index in [9.17, 15) is 13.2 Å². The summed E-state index contributed by atoms with van der Waals surface area (Å²) in [6.07, 6.45) is -1.58. The van der Waals surface area contributed by atoms with Crippen LogP contribution in [-0.4, -0.2) is 26.3 Å². The Morgan fingerprint density at radius 3 is 2.29 bits per heavy atom. The summed E-state index contributed by atoms with van der Waals surface area (Å²) in [7, 11) is 0.